The molecule has 0 bridgehead atoms. The molecule has 0 amide bonds. The monoisotopic (exact) mass is 414 g/mol. The van der Waals surface area contributed by atoms with Gasteiger partial charge in [0.15, 0.2) is 0 Å². The molecule has 4 heteroatoms. The SMILES string of the molecule is CCc1cccs1.Cc1ccc(C(C)(C)N2CCC(C3CCC(C)(C)O3)C2)cn1. The second-order valence-corrected chi connectivity index (χ2v) is 10.7. The van der Waals surface area contributed by atoms with Gasteiger partial charge < -0.3 is 4.74 Å². The van der Waals surface area contributed by atoms with E-state index in [1.54, 1.807) is 0 Å². The maximum Gasteiger partial charge on any atom is 0.0631 e. The first kappa shape index (κ1) is 22.5. The van der Waals surface area contributed by atoms with Crippen molar-refractivity contribution >= 4 is 11.3 Å². The van der Waals surface area contributed by atoms with Gasteiger partial charge in [0.1, 0.15) is 0 Å². The molecule has 2 aromatic rings. The number of ether oxygens (including phenoxy) is 1. The summed E-state index contributed by atoms with van der Waals surface area (Å²) in [5, 5.41) is 2.11. The van der Waals surface area contributed by atoms with Crippen LogP contribution in [-0.2, 0) is 16.7 Å². The van der Waals surface area contributed by atoms with Gasteiger partial charge in [-0.25, -0.2) is 0 Å². The molecule has 0 spiro atoms. The largest absolute Gasteiger partial charge is 0.372 e. The summed E-state index contributed by atoms with van der Waals surface area (Å²) in [4.78, 5) is 8.56. The standard InChI is InChI=1S/C19H30N2O.C6H8S/c1-14-6-7-16(12-20-14)19(4,5)21-11-9-15(13-21)17-8-10-18(2,3)22-17;1-2-6-4-3-5-7-6/h6-7,12,15,17H,8-11,13H2,1-5H3;3-5H,2H2,1H3. The third kappa shape index (κ3) is 5.68. The van der Waals surface area contributed by atoms with E-state index >= 15 is 0 Å². The topological polar surface area (TPSA) is 25.4 Å². The highest BCUT2D eigenvalue weighted by Gasteiger charge is 2.42. The summed E-state index contributed by atoms with van der Waals surface area (Å²) in [5.41, 5.74) is 2.52. The fourth-order valence-corrected chi connectivity index (χ4v) is 5.13. The molecule has 2 unspecified atom stereocenters. The molecule has 2 fully saturated rings. The first-order valence-electron chi connectivity index (χ1n) is 11.1. The van der Waals surface area contributed by atoms with Crippen molar-refractivity contribution in [1.82, 2.24) is 9.88 Å². The van der Waals surface area contributed by atoms with Crippen molar-refractivity contribution in [2.45, 2.75) is 84.5 Å². The van der Waals surface area contributed by atoms with Crippen LogP contribution in [-0.4, -0.2) is 34.7 Å². The highest BCUT2D eigenvalue weighted by Crippen LogP contribution is 2.39. The van der Waals surface area contributed by atoms with Crippen LogP contribution in [0.5, 0.6) is 0 Å². The summed E-state index contributed by atoms with van der Waals surface area (Å²) in [5.74, 6) is 0.680. The summed E-state index contributed by atoms with van der Waals surface area (Å²) in [6.07, 6.45) is 7.34. The van der Waals surface area contributed by atoms with E-state index in [-0.39, 0.29) is 11.1 Å². The molecule has 2 aliphatic rings. The Labute approximate surface area is 181 Å². The van der Waals surface area contributed by atoms with Crippen LogP contribution >= 0.6 is 11.3 Å². The number of aryl methyl sites for hydroxylation is 2. The van der Waals surface area contributed by atoms with Gasteiger partial charge >= 0.3 is 0 Å². The number of nitrogens with zero attached hydrogens (tertiary/aromatic N) is 2. The molecule has 0 radical (unpaired) electrons. The zero-order valence-corrected chi connectivity index (χ0v) is 19.9. The highest BCUT2D eigenvalue weighted by molar-refractivity contribution is 7.09. The molecule has 2 aromatic heterocycles. The van der Waals surface area contributed by atoms with E-state index < -0.39 is 0 Å². The molecule has 4 heterocycles. The number of likely N-dealkylation sites (tertiary alicyclic amines) is 1. The second-order valence-electron chi connectivity index (χ2n) is 9.63. The van der Waals surface area contributed by atoms with Crippen molar-refractivity contribution in [1.29, 1.82) is 0 Å². The van der Waals surface area contributed by atoms with Crippen LogP contribution in [0.2, 0.25) is 0 Å². The average molecular weight is 415 g/mol. The summed E-state index contributed by atoms with van der Waals surface area (Å²) in [6, 6.07) is 8.59. The lowest BCUT2D eigenvalue weighted by molar-refractivity contribution is -0.0401. The number of hydrogen-bond acceptors (Lipinski definition) is 4. The van der Waals surface area contributed by atoms with Gasteiger partial charge in [-0.05, 0) is 95.8 Å². The van der Waals surface area contributed by atoms with Crippen LogP contribution in [0.1, 0.15) is 70.0 Å². The molecule has 0 aromatic carbocycles. The van der Waals surface area contributed by atoms with Crippen molar-refractivity contribution in [3.63, 3.8) is 0 Å². The highest BCUT2D eigenvalue weighted by atomic mass is 32.1. The van der Waals surface area contributed by atoms with Gasteiger partial charge in [-0.15, -0.1) is 11.3 Å². The summed E-state index contributed by atoms with van der Waals surface area (Å²) >= 11 is 1.82. The van der Waals surface area contributed by atoms with Crippen molar-refractivity contribution < 1.29 is 4.74 Å². The van der Waals surface area contributed by atoms with E-state index in [0.29, 0.717) is 12.0 Å². The predicted octanol–water partition coefficient (Wildman–Crippen LogP) is 6.22. The molecular formula is C25H38N2OS. The van der Waals surface area contributed by atoms with Crippen molar-refractivity contribution in [2.24, 2.45) is 5.92 Å². The minimum atomic E-state index is 0.0452. The lowest BCUT2D eigenvalue weighted by Gasteiger charge is -2.36. The molecule has 2 aliphatic heterocycles. The van der Waals surface area contributed by atoms with Crippen molar-refractivity contribution in [2.75, 3.05) is 13.1 Å². The Hall–Kier alpha value is -1.23. The third-order valence-electron chi connectivity index (χ3n) is 6.59. The molecule has 2 atom stereocenters. The normalized spacial score (nSPS) is 24.3. The molecule has 160 valence electrons. The Morgan fingerprint density at radius 3 is 2.55 bits per heavy atom. The Morgan fingerprint density at radius 2 is 2.03 bits per heavy atom. The van der Waals surface area contributed by atoms with E-state index in [1.807, 2.05) is 24.5 Å². The van der Waals surface area contributed by atoms with Gasteiger partial charge in [-0.2, -0.15) is 0 Å². The van der Waals surface area contributed by atoms with Crippen LogP contribution in [0.25, 0.3) is 0 Å². The summed E-state index contributed by atoms with van der Waals surface area (Å²) in [6.45, 7) is 15.6. The Kier molecular flexibility index (Phi) is 7.19. The average Bonchev–Trinajstić information content (AvgIpc) is 3.43. The molecule has 0 aliphatic carbocycles. The van der Waals surface area contributed by atoms with Gasteiger partial charge in [-0.1, -0.05) is 19.1 Å². The van der Waals surface area contributed by atoms with Gasteiger partial charge in [0, 0.05) is 28.9 Å². The summed E-state index contributed by atoms with van der Waals surface area (Å²) in [7, 11) is 0. The molecular weight excluding hydrogens is 376 g/mol. The lowest BCUT2D eigenvalue weighted by Crippen LogP contribution is -2.41. The number of thiophene rings is 1. The van der Waals surface area contributed by atoms with Gasteiger partial charge in [0.2, 0.25) is 0 Å². The first-order chi connectivity index (χ1) is 13.7. The van der Waals surface area contributed by atoms with Crippen molar-refractivity contribution in [3.05, 3.63) is 52.0 Å². The van der Waals surface area contributed by atoms with Crippen LogP contribution in [0.15, 0.2) is 35.8 Å². The van der Waals surface area contributed by atoms with Gasteiger partial charge in [0.05, 0.1) is 11.7 Å². The first-order valence-corrected chi connectivity index (χ1v) is 12.0. The van der Waals surface area contributed by atoms with Crippen LogP contribution in [0.3, 0.4) is 0 Å². The van der Waals surface area contributed by atoms with Crippen LogP contribution in [0, 0.1) is 12.8 Å². The fourth-order valence-electron chi connectivity index (χ4n) is 4.47. The van der Waals surface area contributed by atoms with E-state index in [1.165, 1.54) is 36.1 Å². The van der Waals surface area contributed by atoms with E-state index in [9.17, 15) is 0 Å². The quantitative estimate of drug-likeness (QED) is 0.594. The molecule has 2 saturated heterocycles. The van der Waals surface area contributed by atoms with Crippen LogP contribution < -0.4 is 0 Å². The number of rotatable bonds is 4. The lowest BCUT2D eigenvalue weighted by atomic mass is 9.93. The van der Waals surface area contributed by atoms with Crippen molar-refractivity contribution in [3.8, 4) is 0 Å². The maximum atomic E-state index is 6.28. The molecule has 3 nitrogen and oxygen atoms in total. The van der Waals surface area contributed by atoms with E-state index in [0.717, 1.165) is 18.8 Å². The number of pyridine rings is 1. The predicted molar refractivity (Wildman–Crippen MR) is 124 cm³/mol. The van der Waals surface area contributed by atoms with E-state index in [2.05, 4.69) is 74.1 Å². The molecule has 0 N–H and O–H groups in total. The maximum absolute atomic E-state index is 6.28. The van der Waals surface area contributed by atoms with Gasteiger partial charge in [-0.3, -0.25) is 9.88 Å². The number of aromatic nitrogens is 1. The second kappa shape index (κ2) is 9.28. The zero-order valence-electron chi connectivity index (χ0n) is 19.1. The van der Waals surface area contributed by atoms with Crippen LogP contribution in [0.4, 0.5) is 0 Å². The Morgan fingerprint density at radius 1 is 1.24 bits per heavy atom. The summed E-state index contributed by atoms with van der Waals surface area (Å²) < 4.78 is 6.28. The van der Waals surface area contributed by atoms with Gasteiger partial charge in [0.25, 0.3) is 0 Å². The smallest absolute Gasteiger partial charge is 0.0631 e. The fraction of sp³-hybridized carbons (Fsp3) is 0.640. The zero-order chi connectivity index (χ0) is 21.1. The molecule has 4 rings (SSSR count). The minimum Gasteiger partial charge on any atom is -0.372 e. The Bertz CT molecular complexity index is 752. The minimum absolute atomic E-state index is 0.0452. The molecule has 0 saturated carbocycles. The number of hydrogen-bond donors (Lipinski definition) is 0. The third-order valence-corrected chi connectivity index (χ3v) is 7.61. The molecule has 29 heavy (non-hydrogen) atoms. The Balaban J connectivity index is 0.000000290. The van der Waals surface area contributed by atoms with E-state index in [4.69, 9.17) is 4.74 Å².